The van der Waals surface area contributed by atoms with Crippen molar-refractivity contribution >= 4 is 27.3 Å². The zero-order valence-corrected chi connectivity index (χ0v) is 14.8. The maximum absolute atomic E-state index is 12.3. The topological polar surface area (TPSA) is 87.3 Å². The first kappa shape index (κ1) is 17.1. The van der Waals surface area contributed by atoms with Crippen LogP contribution in [0.2, 0.25) is 0 Å². The van der Waals surface area contributed by atoms with E-state index in [1.807, 2.05) is 12.1 Å². The van der Waals surface area contributed by atoms with E-state index in [0.29, 0.717) is 11.4 Å². The van der Waals surface area contributed by atoms with Gasteiger partial charge in [-0.2, -0.15) is 0 Å². The second-order valence-electron chi connectivity index (χ2n) is 5.52. The molecule has 1 atom stereocenters. The predicted molar refractivity (Wildman–Crippen MR) is 93.8 cm³/mol. The maximum atomic E-state index is 12.3. The third-order valence-corrected chi connectivity index (χ3v) is 6.53. The molecule has 128 valence electrons. The normalized spacial score (nSPS) is 17.3. The minimum atomic E-state index is -3.52. The van der Waals surface area contributed by atoms with Crippen molar-refractivity contribution in [2.45, 2.75) is 17.4 Å². The summed E-state index contributed by atoms with van der Waals surface area (Å²) in [5, 5.41) is 7.76. The van der Waals surface area contributed by atoms with E-state index in [9.17, 15) is 13.2 Å². The molecule has 1 aliphatic heterocycles. The van der Waals surface area contributed by atoms with E-state index >= 15 is 0 Å². The third kappa shape index (κ3) is 3.51. The van der Waals surface area contributed by atoms with Gasteiger partial charge in [-0.05, 0) is 37.2 Å². The van der Waals surface area contributed by atoms with Crippen molar-refractivity contribution in [3.63, 3.8) is 0 Å². The quantitative estimate of drug-likeness (QED) is 0.745. The molecule has 8 heteroatoms. The van der Waals surface area contributed by atoms with E-state index in [1.165, 1.54) is 29.6 Å². The summed E-state index contributed by atoms with van der Waals surface area (Å²) in [6.45, 7) is 1.34. The van der Waals surface area contributed by atoms with Crippen LogP contribution in [0.15, 0.2) is 40.6 Å². The highest BCUT2D eigenvalue weighted by Gasteiger charge is 2.21. The van der Waals surface area contributed by atoms with Crippen molar-refractivity contribution in [1.29, 1.82) is 0 Å². The van der Waals surface area contributed by atoms with Crippen LogP contribution in [0.1, 0.15) is 26.8 Å². The summed E-state index contributed by atoms with van der Waals surface area (Å²) in [6.07, 6.45) is 0.983. The van der Waals surface area contributed by atoms with Gasteiger partial charge < -0.3 is 10.6 Å². The summed E-state index contributed by atoms with van der Waals surface area (Å²) in [4.78, 5) is 12.8. The molecular weight excluding hydrogens is 346 g/mol. The Morgan fingerprint density at radius 2 is 2.17 bits per heavy atom. The minimum absolute atomic E-state index is 0.0689. The Morgan fingerprint density at radius 1 is 1.38 bits per heavy atom. The lowest BCUT2D eigenvalue weighted by atomic mass is 9.94. The van der Waals surface area contributed by atoms with Crippen LogP contribution in [-0.4, -0.2) is 34.5 Å². The number of sulfonamides is 1. The number of hydrogen-bond donors (Lipinski definition) is 3. The summed E-state index contributed by atoms with van der Waals surface area (Å²) in [6, 6.07) is 9.66. The molecule has 0 saturated heterocycles. The van der Waals surface area contributed by atoms with Gasteiger partial charge in [-0.3, -0.25) is 4.79 Å². The lowest BCUT2D eigenvalue weighted by Gasteiger charge is -2.27. The summed E-state index contributed by atoms with van der Waals surface area (Å²) < 4.78 is 25.7. The highest BCUT2D eigenvalue weighted by atomic mass is 32.2. The first-order chi connectivity index (χ1) is 11.5. The van der Waals surface area contributed by atoms with Gasteiger partial charge in [0.1, 0.15) is 0 Å². The van der Waals surface area contributed by atoms with Crippen molar-refractivity contribution in [1.82, 2.24) is 15.4 Å². The summed E-state index contributed by atoms with van der Waals surface area (Å²) in [5.74, 6) is -0.262. The number of fused-ring (bicyclic) bond motifs is 1. The van der Waals surface area contributed by atoms with Crippen molar-refractivity contribution in [2.24, 2.45) is 0 Å². The SMILES string of the molecule is CNS(=O)(=O)c1csc(C(=O)NCC2NCCc3ccccc32)c1. The highest BCUT2D eigenvalue weighted by molar-refractivity contribution is 7.89. The average molecular weight is 365 g/mol. The summed E-state index contributed by atoms with van der Waals surface area (Å²) in [5.41, 5.74) is 2.50. The molecule has 1 aromatic carbocycles. The minimum Gasteiger partial charge on any atom is -0.349 e. The van der Waals surface area contributed by atoms with E-state index in [2.05, 4.69) is 27.5 Å². The molecule has 3 N–H and O–H groups in total. The molecule has 1 aromatic heterocycles. The predicted octanol–water partition coefficient (Wildman–Crippen LogP) is 1.27. The first-order valence-corrected chi connectivity index (χ1v) is 9.99. The highest BCUT2D eigenvalue weighted by Crippen LogP contribution is 2.23. The van der Waals surface area contributed by atoms with Crippen LogP contribution in [0, 0.1) is 0 Å². The van der Waals surface area contributed by atoms with Gasteiger partial charge in [-0.1, -0.05) is 24.3 Å². The molecule has 0 radical (unpaired) electrons. The third-order valence-electron chi connectivity index (χ3n) is 4.06. The Labute approximate surface area is 145 Å². The Balaban J connectivity index is 1.67. The van der Waals surface area contributed by atoms with Crippen LogP contribution in [0.25, 0.3) is 0 Å². The van der Waals surface area contributed by atoms with E-state index in [1.54, 1.807) is 0 Å². The smallest absolute Gasteiger partial charge is 0.261 e. The van der Waals surface area contributed by atoms with E-state index < -0.39 is 10.0 Å². The molecular formula is C16H19N3O3S2. The van der Waals surface area contributed by atoms with Crippen molar-refractivity contribution in [3.05, 3.63) is 51.7 Å². The molecule has 0 saturated carbocycles. The fourth-order valence-corrected chi connectivity index (χ4v) is 4.67. The molecule has 24 heavy (non-hydrogen) atoms. The lowest BCUT2D eigenvalue weighted by Crippen LogP contribution is -2.38. The Morgan fingerprint density at radius 3 is 2.96 bits per heavy atom. The lowest BCUT2D eigenvalue weighted by molar-refractivity contribution is 0.0953. The standard InChI is InChI=1S/C16H19N3O3S2/c1-17-24(21,22)12-8-15(23-10-12)16(20)19-9-14-13-5-3-2-4-11(13)6-7-18-14/h2-5,8,10,14,17-18H,6-7,9H2,1H3,(H,19,20). The maximum Gasteiger partial charge on any atom is 0.261 e. The van der Waals surface area contributed by atoms with Crippen LogP contribution in [0.5, 0.6) is 0 Å². The fourth-order valence-electron chi connectivity index (χ4n) is 2.75. The molecule has 0 fully saturated rings. The van der Waals surface area contributed by atoms with Gasteiger partial charge in [0, 0.05) is 18.0 Å². The van der Waals surface area contributed by atoms with Crippen LogP contribution in [0.4, 0.5) is 0 Å². The zero-order chi connectivity index (χ0) is 17.2. The van der Waals surface area contributed by atoms with Crippen molar-refractivity contribution in [2.75, 3.05) is 20.1 Å². The number of thiophene rings is 1. The molecule has 2 aromatic rings. The monoisotopic (exact) mass is 365 g/mol. The number of nitrogens with one attached hydrogen (secondary N) is 3. The zero-order valence-electron chi connectivity index (χ0n) is 13.2. The van der Waals surface area contributed by atoms with E-state index in [-0.39, 0.29) is 16.8 Å². The van der Waals surface area contributed by atoms with Crippen LogP contribution in [-0.2, 0) is 16.4 Å². The average Bonchev–Trinajstić information content (AvgIpc) is 3.10. The van der Waals surface area contributed by atoms with Gasteiger partial charge in [-0.25, -0.2) is 13.1 Å². The largest absolute Gasteiger partial charge is 0.349 e. The molecule has 1 unspecified atom stereocenters. The first-order valence-electron chi connectivity index (χ1n) is 7.63. The fraction of sp³-hybridized carbons (Fsp3) is 0.312. The molecule has 1 amide bonds. The molecule has 0 aliphatic carbocycles. The van der Waals surface area contributed by atoms with E-state index in [0.717, 1.165) is 24.3 Å². The van der Waals surface area contributed by atoms with Gasteiger partial charge in [0.05, 0.1) is 9.77 Å². The number of carbonyl (C=O) groups excluding carboxylic acids is 1. The second kappa shape index (κ2) is 7.02. The number of amides is 1. The van der Waals surface area contributed by atoms with Gasteiger partial charge >= 0.3 is 0 Å². The molecule has 0 bridgehead atoms. The number of rotatable bonds is 5. The Bertz CT molecular complexity index is 846. The van der Waals surface area contributed by atoms with Crippen LogP contribution in [0.3, 0.4) is 0 Å². The molecule has 1 aliphatic rings. The molecule has 6 nitrogen and oxygen atoms in total. The molecule has 2 heterocycles. The molecule has 0 spiro atoms. The van der Waals surface area contributed by atoms with E-state index in [4.69, 9.17) is 0 Å². The van der Waals surface area contributed by atoms with Crippen LogP contribution >= 0.6 is 11.3 Å². The summed E-state index contributed by atoms with van der Waals surface area (Å²) in [7, 11) is -2.17. The van der Waals surface area contributed by atoms with Crippen LogP contribution < -0.4 is 15.4 Å². The number of hydrogen-bond acceptors (Lipinski definition) is 5. The Kier molecular flexibility index (Phi) is 5.00. The molecule has 3 rings (SSSR count). The van der Waals surface area contributed by atoms with Gasteiger partial charge in [0.25, 0.3) is 5.91 Å². The summed E-state index contributed by atoms with van der Waals surface area (Å²) >= 11 is 1.12. The van der Waals surface area contributed by atoms with Gasteiger partial charge in [0.15, 0.2) is 0 Å². The number of benzene rings is 1. The number of carbonyl (C=O) groups is 1. The Hall–Kier alpha value is -1.74. The van der Waals surface area contributed by atoms with Crippen molar-refractivity contribution < 1.29 is 13.2 Å². The van der Waals surface area contributed by atoms with Crippen molar-refractivity contribution in [3.8, 4) is 0 Å². The van der Waals surface area contributed by atoms with Gasteiger partial charge in [0.2, 0.25) is 10.0 Å². The second-order valence-corrected chi connectivity index (χ2v) is 8.32. The van der Waals surface area contributed by atoms with Gasteiger partial charge in [-0.15, -0.1) is 11.3 Å².